The van der Waals surface area contributed by atoms with Crippen molar-refractivity contribution < 1.29 is 0 Å². The third-order valence-electron chi connectivity index (χ3n) is 8.94. The van der Waals surface area contributed by atoms with Crippen LogP contribution in [0, 0.1) is 5.92 Å². The van der Waals surface area contributed by atoms with E-state index >= 15 is 0 Å². The SMILES string of the molecule is CCCCC1CCN(Nc2nc(NC3CCC(N)CC3)nc3c2ncn3C2CCCC2)CC1.CCCNCCC. The number of nitrogens with one attached hydrogen (secondary N) is 3. The molecule has 0 aromatic carbocycles. The Morgan fingerprint density at radius 1 is 0.875 bits per heavy atom. The van der Waals surface area contributed by atoms with Gasteiger partial charge in [0, 0.05) is 31.2 Å². The van der Waals surface area contributed by atoms with Crippen LogP contribution in [0.15, 0.2) is 6.33 Å². The van der Waals surface area contributed by atoms with Gasteiger partial charge in [0.05, 0.1) is 6.33 Å². The second-order valence-corrected chi connectivity index (χ2v) is 12.3. The molecule has 0 amide bonds. The number of nitrogens with zero attached hydrogens (tertiary/aromatic N) is 5. The molecule has 1 saturated heterocycles. The first-order valence-corrected chi connectivity index (χ1v) is 16.6. The molecular weight excluding hydrogens is 498 g/mol. The summed E-state index contributed by atoms with van der Waals surface area (Å²) in [4.78, 5) is 14.7. The molecule has 2 aromatic heterocycles. The van der Waals surface area contributed by atoms with Gasteiger partial charge in [0.1, 0.15) is 0 Å². The van der Waals surface area contributed by atoms with E-state index in [1.165, 1.54) is 83.7 Å². The molecule has 3 aliphatic rings. The molecule has 0 atom stereocenters. The maximum atomic E-state index is 6.12. The Morgan fingerprint density at radius 2 is 1.57 bits per heavy atom. The second kappa shape index (κ2) is 16.5. The van der Waals surface area contributed by atoms with Gasteiger partial charge in [0.2, 0.25) is 5.95 Å². The van der Waals surface area contributed by atoms with Crippen LogP contribution in [0.4, 0.5) is 11.8 Å². The van der Waals surface area contributed by atoms with E-state index in [0.29, 0.717) is 18.1 Å². The minimum atomic E-state index is 0.340. The van der Waals surface area contributed by atoms with Gasteiger partial charge < -0.3 is 26.4 Å². The molecule has 40 heavy (non-hydrogen) atoms. The summed E-state index contributed by atoms with van der Waals surface area (Å²) in [5.74, 6) is 2.44. The molecule has 9 heteroatoms. The molecule has 9 nitrogen and oxygen atoms in total. The Bertz CT molecular complexity index is 967. The van der Waals surface area contributed by atoms with Gasteiger partial charge in [-0.15, -0.1) is 0 Å². The maximum absolute atomic E-state index is 6.12. The first-order chi connectivity index (χ1) is 19.6. The number of nitrogens with two attached hydrogens (primary N) is 1. The fourth-order valence-corrected chi connectivity index (χ4v) is 6.41. The highest BCUT2D eigenvalue weighted by molar-refractivity contribution is 5.84. The highest BCUT2D eigenvalue weighted by Crippen LogP contribution is 2.34. The summed E-state index contributed by atoms with van der Waals surface area (Å²) in [6.45, 7) is 11.1. The Labute approximate surface area is 242 Å². The number of unbranched alkanes of at least 4 members (excludes halogenated alkanes) is 1. The predicted molar refractivity (Wildman–Crippen MR) is 168 cm³/mol. The number of hydrogen-bond donors (Lipinski definition) is 4. The minimum absolute atomic E-state index is 0.340. The van der Waals surface area contributed by atoms with Crippen LogP contribution < -0.4 is 21.8 Å². The average molecular weight is 556 g/mol. The zero-order chi connectivity index (χ0) is 28.2. The lowest BCUT2D eigenvalue weighted by molar-refractivity contribution is 0.207. The van der Waals surface area contributed by atoms with Gasteiger partial charge in [-0.1, -0.05) is 52.9 Å². The lowest BCUT2D eigenvalue weighted by Gasteiger charge is -2.32. The Hall–Kier alpha value is -1.97. The van der Waals surface area contributed by atoms with Gasteiger partial charge in [-0.3, -0.25) is 0 Å². The van der Waals surface area contributed by atoms with Gasteiger partial charge in [0.25, 0.3) is 0 Å². The minimum Gasteiger partial charge on any atom is -0.351 e. The smallest absolute Gasteiger partial charge is 0.227 e. The molecule has 3 heterocycles. The third-order valence-corrected chi connectivity index (χ3v) is 8.94. The van der Waals surface area contributed by atoms with E-state index in [1.807, 2.05) is 6.33 Å². The topological polar surface area (TPSA) is 109 Å². The van der Waals surface area contributed by atoms with Gasteiger partial charge in [0.15, 0.2) is 17.0 Å². The first-order valence-electron chi connectivity index (χ1n) is 16.6. The number of hydrazine groups is 1. The predicted octanol–water partition coefficient (Wildman–Crippen LogP) is 6.25. The Balaban J connectivity index is 0.000000470. The van der Waals surface area contributed by atoms with Gasteiger partial charge in [-0.2, -0.15) is 9.97 Å². The molecule has 226 valence electrons. The van der Waals surface area contributed by atoms with Crippen LogP contribution in [-0.4, -0.2) is 62.8 Å². The van der Waals surface area contributed by atoms with Crippen molar-refractivity contribution in [3.8, 4) is 0 Å². The summed E-state index contributed by atoms with van der Waals surface area (Å²) in [5, 5.41) is 9.25. The van der Waals surface area contributed by atoms with E-state index in [0.717, 1.165) is 67.6 Å². The molecule has 3 fully saturated rings. The summed E-state index contributed by atoms with van der Waals surface area (Å²) in [7, 11) is 0. The Morgan fingerprint density at radius 3 is 2.23 bits per heavy atom. The Kier molecular flexibility index (Phi) is 12.8. The summed E-state index contributed by atoms with van der Waals surface area (Å²) in [6.07, 6.45) is 20.3. The number of aromatic nitrogens is 4. The highest BCUT2D eigenvalue weighted by Gasteiger charge is 2.25. The number of fused-ring (bicyclic) bond motifs is 1. The quantitative estimate of drug-likeness (QED) is 0.228. The van der Waals surface area contributed by atoms with Crippen LogP contribution in [0.25, 0.3) is 11.2 Å². The molecule has 0 bridgehead atoms. The van der Waals surface area contributed by atoms with Crippen LogP contribution in [0.3, 0.4) is 0 Å². The van der Waals surface area contributed by atoms with Crippen molar-refractivity contribution in [3.63, 3.8) is 0 Å². The fraction of sp³-hybridized carbons (Fsp3) is 0.839. The molecule has 2 aliphatic carbocycles. The summed E-state index contributed by atoms with van der Waals surface area (Å²) < 4.78 is 2.30. The van der Waals surface area contributed by atoms with E-state index in [2.05, 4.69) is 46.4 Å². The van der Waals surface area contributed by atoms with Crippen molar-refractivity contribution in [2.24, 2.45) is 11.7 Å². The van der Waals surface area contributed by atoms with Crippen molar-refractivity contribution in [3.05, 3.63) is 6.33 Å². The molecule has 0 spiro atoms. The van der Waals surface area contributed by atoms with Gasteiger partial charge in [-0.05, 0) is 83.2 Å². The molecule has 0 radical (unpaired) electrons. The van der Waals surface area contributed by atoms with E-state index in [-0.39, 0.29) is 0 Å². The van der Waals surface area contributed by atoms with Crippen molar-refractivity contribution in [2.45, 2.75) is 135 Å². The van der Waals surface area contributed by atoms with E-state index in [1.54, 1.807) is 0 Å². The van der Waals surface area contributed by atoms with Crippen LogP contribution in [0.2, 0.25) is 0 Å². The van der Waals surface area contributed by atoms with Crippen LogP contribution in [0.5, 0.6) is 0 Å². The largest absolute Gasteiger partial charge is 0.351 e. The maximum Gasteiger partial charge on any atom is 0.227 e. The molecule has 0 unspecified atom stereocenters. The second-order valence-electron chi connectivity index (χ2n) is 12.3. The standard InChI is InChI=1S/C25H42N8.C6H15N/c1-2-3-6-18-13-15-32(16-14-18)31-23-22-24(33(17-27-22)21-7-4-5-8-21)30-25(29-23)28-20-11-9-19(26)10-12-20;1-3-5-7-6-4-2/h17-21H,2-16,26H2,1H3,(H2,28,29,30,31);7H,3-6H2,1-2H3. The van der Waals surface area contributed by atoms with Crippen molar-refractivity contribution >= 4 is 22.9 Å². The number of hydrogen-bond acceptors (Lipinski definition) is 8. The summed E-state index contributed by atoms with van der Waals surface area (Å²) in [5.41, 5.74) is 11.6. The van der Waals surface area contributed by atoms with Gasteiger partial charge in [-0.25, -0.2) is 9.99 Å². The van der Waals surface area contributed by atoms with E-state index in [4.69, 9.17) is 20.7 Å². The van der Waals surface area contributed by atoms with Crippen molar-refractivity contribution in [1.82, 2.24) is 29.8 Å². The first kappa shape index (κ1) is 31.0. The van der Waals surface area contributed by atoms with Gasteiger partial charge >= 0.3 is 0 Å². The van der Waals surface area contributed by atoms with Crippen LogP contribution in [-0.2, 0) is 0 Å². The van der Waals surface area contributed by atoms with E-state index < -0.39 is 0 Å². The molecule has 1 aliphatic heterocycles. The normalized spacial score (nSPS) is 22.8. The average Bonchev–Trinajstić information content (AvgIpc) is 3.65. The third kappa shape index (κ3) is 9.02. The molecule has 5 N–H and O–H groups in total. The number of imidazole rings is 1. The van der Waals surface area contributed by atoms with Crippen LogP contribution >= 0.6 is 0 Å². The zero-order valence-corrected chi connectivity index (χ0v) is 25.6. The summed E-state index contributed by atoms with van der Waals surface area (Å²) in [6, 6.07) is 1.24. The highest BCUT2D eigenvalue weighted by atomic mass is 15.5. The van der Waals surface area contributed by atoms with Crippen molar-refractivity contribution in [1.29, 1.82) is 0 Å². The van der Waals surface area contributed by atoms with Crippen LogP contribution in [0.1, 0.15) is 123 Å². The zero-order valence-electron chi connectivity index (χ0n) is 25.6. The molecule has 2 saturated carbocycles. The molecule has 2 aromatic rings. The number of piperidine rings is 1. The monoisotopic (exact) mass is 555 g/mol. The fourth-order valence-electron chi connectivity index (χ4n) is 6.41. The molecular formula is C31H57N9. The number of rotatable bonds is 12. The molecule has 5 rings (SSSR count). The summed E-state index contributed by atoms with van der Waals surface area (Å²) >= 11 is 0. The lowest BCUT2D eigenvalue weighted by atomic mass is 9.92. The van der Waals surface area contributed by atoms with Crippen molar-refractivity contribution in [2.75, 3.05) is 36.9 Å². The number of anilines is 2. The lowest BCUT2D eigenvalue weighted by Crippen LogP contribution is -2.38. The van der Waals surface area contributed by atoms with E-state index in [9.17, 15) is 0 Å².